The normalized spacial score (nSPS) is 18.2. The van der Waals surface area contributed by atoms with Gasteiger partial charge in [0.2, 0.25) is 10.0 Å². The second kappa shape index (κ2) is 8.35. The summed E-state index contributed by atoms with van der Waals surface area (Å²) in [6.45, 7) is 2.82. The Balaban J connectivity index is 0.00000243. The first-order valence-corrected chi connectivity index (χ1v) is 9.51. The number of rotatable bonds is 4. The topological polar surface area (TPSA) is 58.6 Å². The van der Waals surface area contributed by atoms with Gasteiger partial charge < -0.3 is 10.1 Å². The van der Waals surface area contributed by atoms with Crippen LogP contribution in [0.5, 0.6) is 5.75 Å². The average molecular weight is 401 g/mol. The van der Waals surface area contributed by atoms with E-state index < -0.39 is 21.9 Å². The summed E-state index contributed by atoms with van der Waals surface area (Å²) in [6.07, 6.45) is 0. The number of sulfonamides is 1. The van der Waals surface area contributed by atoms with Crippen LogP contribution in [0.4, 0.5) is 4.39 Å². The number of ether oxygens (including phenoxy) is 1. The molecule has 1 heterocycles. The predicted octanol–water partition coefficient (Wildman–Crippen LogP) is 2.90. The van der Waals surface area contributed by atoms with Gasteiger partial charge in [-0.25, -0.2) is 12.8 Å². The van der Waals surface area contributed by atoms with Gasteiger partial charge in [-0.15, -0.1) is 12.4 Å². The fourth-order valence-electron chi connectivity index (χ4n) is 3.24. The van der Waals surface area contributed by atoms with Crippen LogP contribution in [0.1, 0.15) is 17.2 Å². The lowest BCUT2D eigenvalue weighted by molar-refractivity contribution is 0.263. The van der Waals surface area contributed by atoms with Gasteiger partial charge in [0.1, 0.15) is 16.5 Å². The number of nitrogens with zero attached hydrogens (tertiary/aromatic N) is 1. The number of nitrogens with one attached hydrogen (secondary N) is 1. The van der Waals surface area contributed by atoms with Crippen LogP contribution in [0.25, 0.3) is 0 Å². The molecule has 26 heavy (non-hydrogen) atoms. The summed E-state index contributed by atoms with van der Waals surface area (Å²) >= 11 is 0. The Hall–Kier alpha value is -1.67. The molecule has 1 aliphatic heterocycles. The molecule has 3 rings (SSSR count). The third-order valence-corrected chi connectivity index (χ3v) is 6.51. The van der Waals surface area contributed by atoms with E-state index in [1.165, 1.54) is 16.4 Å². The maximum absolute atomic E-state index is 14.3. The second-order valence-electron chi connectivity index (χ2n) is 5.96. The first-order chi connectivity index (χ1) is 12.0. The largest absolute Gasteiger partial charge is 0.496 e. The standard InChI is InChI=1S/C18H21FN2O3S.ClH/c1-13-6-5-8-15(19)18(13)25(22,23)21-11-10-20-12-16(21)14-7-3-4-9-17(14)24-2;/h3-9,16,20H,10-12H2,1-2H3;1H. The Kier molecular flexibility index (Phi) is 6.63. The van der Waals surface area contributed by atoms with Gasteiger partial charge in [0.15, 0.2) is 0 Å². The van der Waals surface area contributed by atoms with Crippen molar-refractivity contribution in [1.82, 2.24) is 9.62 Å². The molecule has 0 amide bonds. The molecule has 1 aliphatic rings. The molecule has 8 heteroatoms. The molecule has 2 aromatic rings. The monoisotopic (exact) mass is 400 g/mol. The van der Waals surface area contributed by atoms with Gasteiger partial charge in [-0.3, -0.25) is 0 Å². The van der Waals surface area contributed by atoms with Gasteiger partial charge in [0.05, 0.1) is 13.2 Å². The molecule has 0 aliphatic carbocycles. The van der Waals surface area contributed by atoms with Crippen molar-refractivity contribution in [1.29, 1.82) is 0 Å². The number of para-hydroxylation sites is 1. The van der Waals surface area contributed by atoms with E-state index >= 15 is 0 Å². The molecule has 1 fully saturated rings. The predicted molar refractivity (Wildman–Crippen MR) is 101 cm³/mol. The summed E-state index contributed by atoms with van der Waals surface area (Å²) in [7, 11) is -2.43. The molecule has 0 radical (unpaired) electrons. The number of aryl methyl sites for hydroxylation is 1. The minimum absolute atomic E-state index is 0. The molecule has 1 atom stereocenters. The SMILES string of the molecule is COc1ccccc1C1CNCCN1S(=O)(=O)c1c(C)cccc1F.Cl. The van der Waals surface area contributed by atoms with Crippen LogP contribution < -0.4 is 10.1 Å². The first kappa shape index (κ1) is 20.6. The molecular formula is C18H22ClFN2O3S. The average Bonchev–Trinajstić information content (AvgIpc) is 2.61. The lowest BCUT2D eigenvalue weighted by Crippen LogP contribution is -2.49. The molecule has 0 bridgehead atoms. The van der Waals surface area contributed by atoms with Crippen molar-refractivity contribution in [2.24, 2.45) is 0 Å². The Morgan fingerprint density at radius 3 is 2.62 bits per heavy atom. The van der Waals surface area contributed by atoms with Crippen molar-refractivity contribution >= 4 is 22.4 Å². The van der Waals surface area contributed by atoms with Crippen LogP contribution in [0.2, 0.25) is 0 Å². The Morgan fingerprint density at radius 2 is 1.92 bits per heavy atom. The molecule has 0 spiro atoms. The van der Waals surface area contributed by atoms with Crippen molar-refractivity contribution in [3.05, 3.63) is 59.4 Å². The van der Waals surface area contributed by atoms with Crippen LogP contribution in [-0.4, -0.2) is 39.5 Å². The number of halogens is 2. The summed E-state index contributed by atoms with van der Waals surface area (Å²) in [6, 6.07) is 11.1. The maximum Gasteiger partial charge on any atom is 0.246 e. The Morgan fingerprint density at radius 1 is 1.19 bits per heavy atom. The van der Waals surface area contributed by atoms with E-state index in [9.17, 15) is 12.8 Å². The zero-order valence-corrected chi connectivity index (χ0v) is 16.2. The number of hydrogen-bond acceptors (Lipinski definition) is 4. The van der Waals surface area contributed by atoms with Gasteiger partial charge in [-0.05, 0) is 24.6 Å². The highest BCUT2D eigenvalue weighted by atomic mass is 35.5. The molecule has 1 N–H and O–H groups in total. The van der Waals surface area contributed by atoms with Crippen LogP contribution in [-0.2, 0) is 10.0 Å². The lowest BCUT2D eigenvalue weighted by atomic mass is 10.0. The van der Waals surface area contributed by atoms with Crippen molar-refractivity contribution in [3.63, 3.8) is 0 Å². The smallest absolute Gasteiger partial charge is 0.246 e. The molecule has 0 aromatic heterocycles. The van der Waals surface area contributed by atoms with E-state index in [-0.39, 0.29) is 23.8 Å². The van der Waals surface area contributed by atoms with Gasteiger partial charge >= 0.3 is 0 Å². The molecule has 0 saturated carbocycles. The quantitative estimate of drug-likeness (QED) is 0.857. The summed E-state index contributed by atoms with van der Waals surface area (Å²) < 4.78 is 47.5. The van der Waals surface area contributed by atoms with E-state index in [0.29, 0.717) is 24.4 Å². The minimum atomic E-state index is -3.98. The van der Waals surface area contributed by atoms with Gasteiger partial charge in [0, 0.05) is 25.2 Å². The molecule has 5 nitrogen and oxygen atoms in total. The van der Waals surface area contributed by atoms with Crippen molar-refractivity contribution in [2.45, 2.75) is 17.9 Å². The zero-order chi connectivity index (χ0) is 18.0. The summed E-state index contributed by atoms with van der Waals surface area (Å²) in [4.78, 5) is -0.253. The minimum Gasteiger partial charge on any atom is -0.496 e. The summed E-state index contributed by atoms with van der Waals surface area (Å²) in [5.41, 5.74) is 1.16. The highest BCUT2D eigenvalue weighted by Gasteiger charge is 2.37. The van der Waals surface area contributed by atoms with E-state index in [1.807, 2.05) is 18.2 Å². The van der Waals surface area contributed by atoms with E-state index in [2.05, 4.69) is 5.32 Å². The van der Waals surface area contributed by atoms with Crippen LogP contribution >= 0.6 is 12.4 Å². The van der Waals surface area contributed by atoms with Crippen molar-refractivity contribution in [3.8, 4) is 5.75 Å². The number of piperazine rings is 1. The zero-order valence-electron chi connectivity index (χ0n) is 14.6. The summed E-state index contributed by atoms with van der Waals surface area (Å²) in [5.74, 6) is -0.112. The fourth-order valence-corrected chi connectivity index (χ4v) is 5.12. The number of hydrogen-bond donors (Lipinski definition) is 1. The van der Waals surface area contributed by atoms with Gasteiger partial charge in [0.25, 0.3) is 0 Å². The van der Waals surface area contributed by atoms with Gasteiger partial charge in [-0.1, -0.05) is 30.3 Å². The van der Waals surface area contributed by atoms with Crippen LogP contribution in [0.3, 0.4) is 0 Å². The number of benzene rings is 2. The number of methoxy groups -OCH3 is 1. The van der Waals surface area contributed by atoms with Crippen LogP contribution in [0.15, 0.2) is 47.4 Å². The second-order valence-corrected chi connectivity index (χ2v) is 7.79. The first-order valence-electron chi connectivity index (χ1n) is 8.07. The highest BCUT2D eigenvalue weighted by Crippen LogP contribution is 2.35. The fraction of sp³-hybridized carbons (Fsp3) is 0.333. The third kappa shape index (κ3) is 3.71. The molecule has 1 unspecified atom stereocenters. The van der Waals surface area contributed by atoms with E-state index in [4.69, 9.17) is 4.74 Å². The van der Waals surface area contributed by atoms with Crippen LogP contribution in [0, 0.1) is 12.7 Å². The summed E-state index contributed by atoms with van der Waals surface area (Å²) in [5, 5.41) is 3.21. The molecular weight excluding hydrogens is 379 g/mol. The molecule has 142 valence electrons. The van der Waals surface area contributed by atoms with Gasteiger partial charge in [-0.2, -0.15) is 4.31 Å². The Labute approximate surface area is 159 Å². The maximum atomic E-state index is 14.3. The Bertz CT molecular complexity index is 856. The third-order valence-electron chi connectivity index (χ3n) is 4.42. The lowest BCUT2D eigenvalue weighted by Gasteiger charge is -2.36. The van der Waals surface area contributed by atoms with E-state index in [1.54, 1.807) is 26.2 Å². The van der Waals surface area contributed by atoms with E-state index in [0.717, 1.165) is 5.56 Å². The highest BCUT2D eigenvalue weighted by molar-refractivity contribution is 7.89. The molecule has 1 saturated heterocycles. The van der Waals surface area contributed by atoms with Crippen molar-refractivity contribution < 1.29 is 17.5 Å². The van der Waals surface area contributed by atoms with Crippen molar-refractivity contribution in [2.75, 3.05) is 26.7 Å². The molecule has 2 aromatic carbocycles.